The van der Waals surface area contributed by atoms with Gasteiger partial charge in [-0.25, -0.2) is 4.99 Å². The predicted molar refractivity (Wildman–Crippen MR) is 102 cm³/mol. The molecule has 0 atom stereocenters. The van der Waals surface area contributed by atoms with Crippen molar-refractivity contribution in [2.24, 2.45) is 21.5 Å². The van der Waals surface area contributed by atoms with Crippen LogP contribution >= 0.6 is 40.2 Å². The van der Waals surface area contributed by atoms with E-state index in [1.165, 1.54) is 5.06 Å². The van der Waals surface area contributed by atoms with Gasteiger partial charge in [0.25, 0.3) is 0 Å². The van der Waals surface area contributed by atoms with Crippen LogP contribution in [0, 0.1) is 0 Å². The van der Waals surface area contributed by atoms with Crippen molar-refractivity contribution in [1.29, 1.82) is 0 Å². The van der Waals surface area contributed by atoms with Crippen LogP contribution in [0.15, 0.2) is 28.2 Å². The van der Waals surface area contributed by atoms with E-state index in [2.05, 4.69) is 9.98 Å². The van der Waals surface area contributed by atoms with Crippen molar-refractivity contribution in [1.82, 2.24) is 5.06 Å². The predicted octanol–water partition coefficient (Wildman–Crippen LogP) is 2.95. The number of benzene rings is 1. The number of guanidine groups is 2. The molecule has 0 spiro atoms. The largest absolute Gasteiger partial charge is 0.492 e. The van der Waals surface area contributed by atoms with Gasteiger partial charge in [-0.2, -0.15) is 10.1 Å². The van der Waals surface area contributed by atoms with Gasteiger partial charge in [-0.3, -0.25) is 4.84 Å². The molecule has 4 N–H and O–H groups in total. The van der Waals surface area contributed by atoms with E-state index in [1.54, 1.807) is 18.2 Å². The first kappa shape index (κ1) is 20.8. The number of hydrogen-bond acceptors (Lipinski definition) is 7. The van der Waals surface area contributed by atoms with Crippen LogP contribution in [-0.2, 0) is 4.84 Å². The van der Waals surface area contributed by atoms with E-state index in [0.717, 1.165) is 0 Å². The summed E-state index contributed by atoms with van der Waals surface area (Å²) in [6.07, 6.45) is 0.623. The molecule has 1 heterocycles. The summed E-state index contributed by atoms with van der Waals surface area (Å²) in [7, 11) is 0. The molecule has 24 heavy (non-hydrogen) atoms. The van der Waals surface area contributed by atoms with Crippen molar-refractivity contribution >= 4 is 52.1 Å². The van der Waals surface area contributed by atoms with Crippen molar-refractivity contribution < 1.29 is 9.57 Å². The quantitative estimate of drug-likeness (QED) is 0.662. The molecule has 1 aliphatic heterocycles. The Hall–Kier alpha value is -1.22. The van der Waals surface area contributed by atoms with Gasteiger partial charge in [0.05, 0.1) is 18.2 Å². The highest BCUT2D eigenvalue weighted by Gasteiger charge is 2.32. The van der Waals surface area contributed by atoms with Crippen LogP contribution in [0.25, 0.3) is 0 Å². The van der Waals surface area contributed by atoms with Crippen molar-refractivity contribution in [2.45, 2.75) is 25.9 Å². The number of hydroxylamine groups is 2. The van der Waals surface area contributed by atoms with Crippen LogP contribution in [0.5, 0.6) is 5.75 Å². The second kappa shape index (κ2) is 8.75. The maximum atomic E-state index is 6.03. The number of hydrogen-bond donors (Lipinski definition) is 2. The molecule has 134 valence electrons. The van der Waals surface area contributed by atoms with Crippen molar-refractivity contribution in [3.63, 3.8) is 0 Å². The van der Waals surface area contributed by atoms with Gasteiger partial charge < -0.3 is 16.2 Å². The third-order valence-corrected chi connectivity index (χ3v) is 3.51. The summed E-state index contributed by atoms with van der Waals surface area (Å²) in [5, 5.41) is 2.46. The number of nitrogens with two attached hydrogens (primary N) is 2. The Bertz CT molecular complexity index is 640. The third-order valence-electron chi connectivity index (χ3n) is 2.98. The Labute approximate surface area is 161 Å². The summed E-state index contributed by atoms with van der Waals surface area (Å²) in [4.78, 5) is 13.7. The number of aliphatic imine (C=N–C) groups is 2. The van der Waals surface area contributed by atoms with E-state index in [9.17, 15) is 0 Å². The lowest BCUT2D eigenvalue weighted by atomic mass is 10.2. The minimum absolute atomic E-state index is 0. The molecule has 1 aromatic rings. The minimum atomic E-state index is -0.712. The van der Waals surface area contributed by atoms with Crippen molar-refractivity contribution in [2.75, 3.05) is 13.2 Å². The van der Waals surface area contributed by atoms with Gasteiger partial charge in [-0.1, -0.05) is 23.2 Å². The summed E-state index contributed by atoms with van der Waals surface area (Å²) in [6.45, 7) is 4.45. The van der Waals surface area contributed by atoms with Gasteiger partial charge in [0.15, 0.2) is 5.66 Å². The molecule has 0 fully saturated rings. The van der Waals surface area contributed by atoms with Gasteiger partial charge in [0.2, 0.25) is 11.9 Å². The summed E-state index contributed by atoms with van der Waals surface area (Å²) in [5.41, 5.74) is 10.7. The Morgan fingerprint density at radius 2 is 1.92 bits per heavy atom. The minimum Gasteiger partial charge on any atom is -0.492 e. The molecule has 10 heteroatoms. The second-order valence-corrected chi connectivity index (χ2v) is 6.18. The van der Waals surface area contributed by atoms with Crippen LogP contribution in [-0.4, -0.2) is 35.9 Å². The van der Waals surface area contributed by atoms with Gasteiger partial charge in [-0.05, 0) is 32.0 Å². The second-order valence-electron chi connectivity index (χ2n) is 5.34. The normalized spacial score (nSPS) is 16.1. The molecule has 0 unspecified atom stereocenters. The maximum absolute atomic E-state index is 6.03. The summed E-state index contributed by atoms with van der Waals surface area (Å²) in [6, 6.07) is 5.07. The SMILES string of the molecule is Br.CC1(C)N=C(N)N=C(N)N1OCCCOc1ccc(Cl)cc1Cl. The molecule has 0 saturated carbocycles. The first-order valence-electron chi connectivity index (χ1n) is 7.00. The van der Waals surface area contributed by atoms with Crippen molar-refractivity contribution in [3.8, 4) is 5.75 Å². The van der Waals surface area contributed by atoms with Crippen molar-refractivity contribution in [3.05, 3.63) is 28.2 Å². The number of rotatable bonds is 6. The fourth-order valence-corrected chi connectivity index (χ4v) is 2.47. The van der Waals surface area contributed by atoms with E-state index >= 15 is 0 Å². The Balaban J connectivity index is 0.00000288. The van der Waals surface area contributed by atoms with E-state index in [4.69, 9.17) is 44.2 Å². The highest BCUT2D eigenvalue weighted by molar-refractivity contribution is 8.93. The standard InChI is InChI=1S/C14H19Cl2N5O2.BrH/c1-14(2)20-12(17)19-13(18)21(14)23-7-3-6-22-11-5-4-9(15)8-10(11)16;/h4-5,8H,3,6-7H2,1-2H3,(H4,17,18,19,20);1H. The summed E-state index contributed by atoms with van der Waals surface area (Å²) < 4.78 is 5.58. The molecule has 0 amide bonds. The van der Waals surface area contributed by atoms with Crippen LogP contribution in [0.1, 0.15) is 20.3 Å². The fourth-order valence-electron chi connectivity index (χ4n) is 2.01. The van der Waals surface area contributed by atoms with Gasteiger partial charge in [0.1, 0.15) is 5.75 Å². The van der Waals surface area contributed by atoms with Gasteiger partial charge in [0, 0.05) is 11.4 Å². The first-order valence-corrected chi connectivity index (χ1v) is 7.75. The molecule has 0 saturated heterocycles. The Kier molecular flexibility index (Phi) is 7.59. The van der Waals surface area contributed by atoms with E-state index in [0.29, 0.717) is 35.4 Å². The van der Waals surface area contributed by atoms with E-state index < -0.39 is 5.66 Å². The number of nitrogens with zero attached hydrogens (tertiary/aromatic N) is 3. The lowest BCUT2D eigenvalue weighted by molar-refractivity contribution is -0.158. The average Bonchev–Trinajstić information content (AvgIpc) is 2.42. The summed E-state index contributed by atoms with van der Waals surface area (Å²) >= 11 is 11.9. The van der Waals surface area contributed by atoms with Crippen LogP contribution < -0.4 is 16.2 Å². The smallest absolute Gasteiger partial charge is 0.226 e. The molecule has 0 bridgehead atoms. The van der Waals surface area contributed by atoms with Crippen LogP contribution in [0.4, 0.5) is 0 Å². The number of ether oxygens (including phenoxy) is 1. The molecule has 0 aliphatic carbocycles. The summed E-state index contributed by atoms with van der Waals surface area (Å²) in [5.74, 6) is 0.880. The van der Waals surface area contributed by atoms with Crippen LogP contribution in [0.3, 0.4) is 0 Å². The van der Waals surface area contributed by atoms with E-state index in [-0.39, 0.29) is 28.9 Å². The molecule has 2 rings (SSSR count). The monoisotopic (exact) mass is 439 g/mol. The zero-order chi connectivity index (χ0) is 17.0. The Morgan fingerprint density at radius 3 is 2.54 bits per heavy atom. The zero-order valence-electron chi connectivity index (χ0n) is 13.3. The lowest BCUT2D eigenvalue weighted by Crippen LogP contribution is -2.53. The molecular weight excluding hydrogens is 421 g/mol. The number of halogens is 3. The third kappa shape index (κ3) is 5.41. The fraction of sp³-hybridized carbons (Fsp3) is 0.429. The Morgan fingerprint density at radius 1 is 1.21 bits per heavy atom. The topological polar surface area (TPSA) is 98.5 Å². The highest BCUT2D eigenvalue weighted by atomic mass is 79.9. The van der Waals surface area contributed by atoms with E-state index in [1.807, 2.05) is 13.8 Å². The molecule has 1 aromatic carbocycles. The molecule has 0 radical (unpaired) electrons. The highest BCUT2D eigenvalue weighted by Crippen LogP contribution is 2.27. The van der Waals surface area contributed by atoms with Gasteiger partial charge in [-0.15, -0.1) is 17.0 Å². The molecule has 1 aliphatic rings. The molecular formula is C14H20BrCl2N5O2. The first-order chi connectivity index (χ1) is 10.8. The molecule has 0 aromatic heterocycles. The van der Waals surface area contributed by atoms with Crippen LogP contribution in [0.2, 0.25) is 10.0 Å². The average molecular weight is 441 g/mol. The lowest BCUT2D eigenvalue weighted by Gasteiger charge is -2.36. The maximum Gasteiger partial charge on any atom is 0.226 e. The molecule has 7 nitrogen and oxygen atoms in total. The zero-order valence-corrected chi connectivity index (χ0v) is 16.6. The van der Waals surface area contributed by atoms with Gasteiger partial charge >= 0.3 is 0 Å².